The van der Waals surface area contributed by atoms with E-state index in [9.17, 15) is 15.0 Å². The van der Waals surface area contributed by atoms with Crippen molar-refractivity contribution in [3.05, 3.63) is 35.9 Å². The second-order valence-electron chi connectivity index (χ2n) is 4.67. The zero-order valence-corrected chi connectivity index (χ0v) is 11.3. The maximum absolute atomic E-state index is 12.0. The zero-order valence-electron chi connectivity index (χ0n) is 10.5. The van der Waals surface area contributed by atoms with Crippen molar-refractivity contribution < 1.29 is 15.0 Å². The van der Waals surface area contributed by atoms with Gasteiger partial charge in [0.1, 0.15) is 0 Å². The molecule has 1 saturated heterocycles. The van der Waals surface area contributed by atoms with E-state index in [0.717, 1.165) is 5.56 Å². The summed E-state index contributed by atoms with van der Waals surface area (Å²) in [5.41, 5.74) is 6.86. The summed E-state index contributed by atoms with van der Waals surface area (Å²) in [6.45, 7) is 0.310. The van der Waals surface area contributed by atoms with E-state index in [4.69, 9.17) is 5.73 Å². The van der Waals surface area contributed by atoms with E-state index in [1.165, 1.54) is 4.90 Å². The topological polar surface area (TPSA) is 86.8 Å². The number of benzene rings is 1. The summed E-state index contributed by atoms with van der Waals surface area (Å²) in [6.07, 6.45) is -1.27. The number of hydrogen-bond donors (Lipinski definition) is 3. The Labute approximate surface area is 118 Å². The first kappa shape index (κ1) is 15.9. The third-order valence-corrected chi connectivity index (χ3v) is 3.19. The predicted molar refractivity (Wildman–Crippen MR) is 74.0 cm³/mol. The molecule has 5 nitrogen and oxygen atoms in total. The first-order chi connectivity index (χ1) is 8.58. The van der Waals surface area contributed by atoms with Gasteiger partial charge < -0.3 is 20.8 Å². The molecule has 1 fully saturated rings. The minimum atomic E-state index is -0.863. The van der Waals surface area contributed by atoms with Crippen LogP contribution in [0.4, 0.5) is 0 Å². The Morgan fingerprint density at radius 2 is 1.79 bits per heavy atom. The number of carbonyl (C=O) groups is 1. The fourth-order valence-corrected chi connectivity index (χ4v) is 2.14. The Hall–Kier alpha value is -1.14. The van der Waals surface area contributed by atoms with Gasteiger partial charge in [0.25, 0.3) is 0 Å². The van der Waals surface area contributed by atoms with Crippen LogP contribution in [0.1, 0.15) is 5.56 Å². The van der Waals surface area contributed by atoms with Gasteiger partial charge in [0.2, 0.25) is 5.91 Å². The van der Waals surface area contributed by atoms with E-state index in [0.29, 0.717) is 6.42 Å². The standard InChI is InChI=1S/C13H18N2O3.ClH/c14-10(6-9-4-2-1-3-5-9)13(18)15-7-11(16)12(17)8-15;/h1-5,10-12,16-17H,6-8,14H2;1H/t10?,11-,12+;. The number of nitrogens with two attached hydrogens (primary N) is 1. The second kappa shape index (κ2) is 6.86. The molecule has 0 aromatic heterocycles. The van der Waals surface area contributed by atoms with Gasteiger partial charge in [0.15, 0.2) is 0 Å². The highest BCUT2D eigenvalue weighted by Gasteiger charge is 2.34. The molecule has 1 aliphatic rings. The molecule has 0 radical (unpaired) electrons. The van der Waals surface area contributed by atoms with Gasteiger partial charge >= 0.3 is 0 Å². The number of aliphatic hydroxyl groups excluding tert-OH is 2. The average Bonchev–Trinajstić information content (AvgIpc) is 2.70. The molecule has 106 valence electrons. The van der Waals surface area contributed by atoms with Crippen LogP contribution in [0.2, 0.25) is 0 Å². The minimum Gasteiger partial charge on any atom is -0.388 e. The largest absolute Gasteiger partial charge is 0.388 e. The van der Waals surface area contributed by atoms with E-state index in [1.807, 2.05) is 30.3 Å². The Balaban J connectivity index is 0.00000180. The van der Waals surface area contributed by atoms with Crippen molar-refractivity contribution in [2.45, 2.75) is 24.7 Å². The smallest absolute Gasteiger partial charge is 0.240 e. The highest BCUT2D eigenvalue weighted by atomic mass is 35.5. The molecule has 0 aliphatic carbocycles. The molecule has 1 amide bonds. The summed E-state index contributed by atoms with van der Waals surface area (Å²) in [5, 5.41) is 18.8. The SMILES string of the molecule is Cl.NC(Cc1ccccc1)C(=O)N1C[C@@H](O)[C@@H](O)C1. The van der Waals surface area contributed by atoms with Crippen molar-refractivity contribution in [1.29, 1.82) is 0 Å². The van der Waals surface area contributed by atoms with Gasteiger partial charge in [0, 0.05) is 13.1 Å². The van der Waals surface area contributed by atoms with E-state index >= 15 is 0 Å². The fraction of sp³-hybridized carbons (Fsp3) is 0.462. The molecule has 4 N–H and O–H groups in total. The van der Waals surface area contributed by atoms with Gasteiger partial charge in [-0.25, -0.2) is 0 Å². The van der Waals surface area contributed by atoms with E-state index < -0.39 is 18.2 Å². The molecule has 3 atom stereocenters. The summed E-state index contributed by atoms with van der Waals surface area (Å²) in [4.78, 5) is 13.4. The minimum absolute atomic E-state index is 0. The quantitative estimate of drug-likeness (QED) is 0.702. The molecule has 1 unspecified atom stereocenters. The van der Waals surface area contributed by atoms with Gasteiger partial charge in [-0.2, -0.15) is 0 Å². The van der Waals surface area contributed by atoms with E-state index in [-0.39, 0.29) is 31.4 Å². The third kappa shape index (κ3) is 3.91. The van der Waals surface area contributed by atoms with Crippen LogP contribution in [-0.2, 0) is 11.2 Å². The average molecular weight is 287 g/mol. The van der Waals surface area contributed by atoms with Gasteiger partial charge in [-0.05, 0) is 12.0 Å². The van der Waals surface area contributed by atoms with Gasteiger partial charge in [-0.3, -0.25) is 4.79 Å². The molecule has 1 heterocycles. The lowest BCUT2D eigenvalue weighted by Crippen LogP contribution is -2.44. The highest BCUT2D eigenvalue weighted by Crippen LogP contribution is 2.12. The van der Waals surface area contributed by atoms with Crippen LogP contribution in [0.15, 0.2) is 30.3 Å². The normalized spacial score (nSPS) is 23.8. The predicted octanol–water partition coefficient (Wildman–Crippen LogP) is -0.458. The molecule has 1 aromatic rings. The van der Waals surface area contributed by atoms with Crippen molar-refractivity contribution in [3.8, 4) is 0 Å². The Morgan fingerprint density at radius 1 is 1.26 bits per heavy atom. The van der Waals surface area contributed by atoms with Crippen LogP contribution in [0.25, 0.3) is 0 Å². The molecule has 0 bridgehead atoms. The Morgan fingerprint density at radius 3 is 2.32 bits per heavy atom. The van der Waals surface area contributed by atoms with E-state index in [1.54, 1.807) is 0 Å². The summed E-state index contributed by atoms with van der Waals surface area (Å²) in [7, 11) is 0. The number of carbonyl (C=O) groups excluding carboxylic acids is 1. The Bertz CT molecular complexity index is 406. The number of amides is 1. The Kier molecular flexibility index (Phi) is 5.75. The van der Waals surface area contributed by atoms with Crippen LogP contribution in [0, 0.1) is 0 Å². The lowest BCUT2D eigenvalue weighted by atomic mass is 10.1. The second-order valence-corrected chi connectivity index (χ2v) is 4.67. The van der Waals surface area contributed by atoms with Crippen molar-refractivity contribution in [2.75, 3.05) is 13.1 Å². The van der Waals surface area contributed by atoms with Crippen molar-refractivity contribution in [2.24, 2.45) is 5.73 Å². The lowest BCUT2D eigenvalue weighted by molar-refractivity contribution is -0.132. The summed E-state index contributed by atoms with van der Waals surface area (Å²) in [5.74, 6) is -0.227. The number of halogens is 1. The van der Waals surface area contributed by atoms with Crippen LogP contribution >= 0.6 is 12.4 Å². The van der Waals surface area contributed by atoms with Gasteiger partial charge in [-0.1, -0.05) is 30.3 Å². The van der Waals surface area contributed by atoms with Crippen LogP contribution < -0.4 is 5.73 Å². The number of β-amino-alcohol motifs (C(OH)–C–C–N with tert-alkyl or cyclic N) is 2. The van der Waals surface area contributed by atoms with Crippen molar-refractivity contribution >= 4 is 18.3 Å². The zero-order chi connectivity index (χ0) is 13.1. The van der Waals surface area contributed by atoms with Crippen molar-refractivity contribution in [3.63, 3.8) is 0 Å². The van der Waals surface area contributed by atoms with Crippen LogP contribution in [0.5, 0.6) is 0 Å². The monoisotopic (exact) mass is 286 g/mol. The summed E-state index contributed by atoms with van der Waals surface area (Å²) >= 11 is 0. The number of likely N-dealkylation sites (tertiary alicyclic amines) is 1. The molecule has 0 spiro atoms. The molecule has 2 rings (SSSR count). The van der Waals surface area contributed by atoms with Gasteiger partial charge in [0.05, 0.1) is 18.2 Å². The summed E-state index contributed by atoms with van der Waals surface area (Å²) < 4.78 is 0. The number of nitrogens with zero attached hydrogens (tertiary/aromatic N) is 1. The van der Waals surface area contributed by atoms with Gasteiger partial charge in [-0.15, -0.1) is 12.4 Å². The molecular formula is C13H19ClN2O3. The molecule has 19 heavy (non-hydrogen) atoms. The van der Waals surface area contributed by atoms with Crippen LogP contribution in [-0.4, -0.2) is 52.4 Å². The number of rotatable bonds is 3. The third-order valence-electron chi connectivity index (χ3n) is 3.19. The first-order valence-corrected chi connectivity index (χ1v) is 6.02. The van der Waals surface area contributed by atoms with E-state index in [2.05, 4.69) is 0 Å². The van der Waals surface area contributed by atoms with Crippen LogP contribution in [0.3, 0.4) is 0 Å². The maximum Gasteiger partial charge on any atom is 0.240 e. The van der Waals surface area contributed by atoms with Crippen molar-refractivity contribution in [1.82, 2.24) is 4.90 Å². The molecule has 1 aliphatic heterocycles. The summed E-state index contributed by atoms with van der Waals surface area (Å²) in [6, 6.07) is 8.90. The number of aliphatic hydroxyl groups is 2. The fourth-order valence-electron chi connectivity index (χ4n) is 2.14. The molecular weight excluding hydrogens is 268 g/mol. The molecule has 6 heteroatoms. The molecule has 1 aromatic carbocycles. The highest BCUT2D eigenvalue weighted by molar-refractivity contribution is 5.85. The molecule has 0 saturated carbocycles. The lowest BCUT2D eigenvalue weighted by Gasteiger charge is -2.20. The number of hydrogen-bond acceptors (Lipinski definition) is 4. The first-order valence-electron chi connectivity index (χ1n) is 6.02. The maximum atomic E-state index is 12.0.